The van der Waals surface area contributed by atoms with E-state index in [1.54, 1.807) is 4.90 Å². The van der Waals surface area contributed by atoms with Gasteiger partial charge in [-0.1, -0.05) is 44.2 Å². The zero-order valence-electron chi connectivity index (χ0n) is 23.7. The highest BCUT2D eigenvalue weighted by atomic mass is 16.5. The van der Waals surface area contributed by atoms with Crippen molar-refractivity contribution in [3.63, 3.8) is 0 Å². The fraction of sp³-hybridized carbons (Fsp3) is 0.406. The fourth-order valence-corrected chi connectivity index (χ4v) is 5.50. The SMILES string of the molecule is CNCCc1cc(COc2ccc(-c3c(C4=CC=NCC4)nn4c3C(=O)N(CCO)CC4)cc2)ccc1C(C)C. The van der Waals surface area contributed by atoms with Crippen LogP contribution in [0.1, 0.15) is 59.1 Å². The Labute approximate surface area is 236 Å². The van der Waals surface area contributed by atoms with Crippen molar-refractivity contribution in [1.29, 1.82) is 0 Å². The molecule has 0 radical (unpaired) electrons. The van der Waals surface area contributed by atoms with Crippen LogP contribution in [-0.4, -0.2) is 71.7 Å². The van der Waals surface area contributed by atoms with Crippen molar-refractivity contribution in [3.8, 4) is 16.9 Å². The summed E-state index contributed by atoms with van der Waals surface area (Å²) < 4.78 is 8.01. The van der Waals surface area contributed by atoms with Crippen LogP contribution in [0, 0.1) is 0 Å². The first-order valence-corrected chi connectivity index (χ1v) is 14.2. The summed E-state index contributed by atoms with van der Waals surface area (Å²) in [5.41, 5.74) is 8.12. The van der Waals surface area contributed by atoms with Gasteiger partial charge in [0.2, 0.25) is 0 Å². The third kappa shape index (κ3) is 5.88. The highest BCUT2D eigenvalue weighted by molar-refractivity contribution is 6.03. The number of fused-ring (bicyclic) bond motifs is 1. The van der Waals surface area contributed by atoms with E-state index in [0.717, 1.165) is 53.1 Å². The van der Waals surface area contributed by atoms with E-state index in [-0.39, 0.29) is 12.5 Å². The quantitative estimate of drug-likeness (QED) is 0.377. The third-order valence-electron chi connectivity index (χ3n) is 7.61. The average molecular weight is 542 g/mol. The van der Waals surface area contributed by atoms with Crippen molar-refractivity contribution >= 4 is 17.7 Å². The lowest BCUT2D eigenvalue weighted by molar-refractivity contribution is 0.0662. The zero-order valence-corrected chi connectivity index (χ0v) is 23.7. The first kappa shape index (κ1) is 27.8. The Balaban J connectivity index is 1.40. The molecule has 0 fully saturated rings. The van der Waals surface area contributed by atoms with E-state index in [4.69, 9.17) is 9.84 Å². The number of hydrogen-bond acceptors (Lipinski definition) is 6. The van der Waals surface area contributed by atoms with Crippen LogP contribution in [0.3, 0.4) is 0 Å². The molecular formula is C32H39N5O3. The third-order valence-corrected chi connectivity index (χ3v) is 7.61. The van der Waals surface area contributed by atoms with E-state index in [9.17, 15) is 9.90 Å². The van der Waals surface area contributed by atoms with Crippen molar-refractivity contribution in [1.82, 2.24) is 20.0 Å². The topological polar surface area (TPSA) is 92.0 Å². The van der Waals surface area contributed by atoms with Crippen molar-refractivity contribution in [2.45, 2.75) is 45.8 Å². The number of benzene rings is 2. The Hall–Kier alpha value is -3.75. The summed E-state index contributed by atoms with van der Waals surface area (Å²) in [7, 11) is 1.98. The maximum Gasteiger partial charge on any atom is 0.272 e. The minimum atomic E-state index is -0.0987. The molecule has 2 aromatic carbocycles. The smallest absolute Gasteiger partial charge is 0.272 e. The summed E-state index contributed by atoms with van der Waals surface area (Å²) in [4.78, 5) is 19.5. The van der Waals surface area contributed by atoms with Crippen LogP contribution in [0.2, 0.25) is 0 Å². The molecule has 0 spiro atoms. The molecule has 1 aromatic heterocycles. The van der Waals surface area contributed by atoms with Crippen LogP contribution in [-0.2, 0) is 19.6 Å². The number of β-amino-alcohol motifs (C(OH)–C–C–N with tert-alkyl or cyclic N) is 1. The summed E-state index contributed by atoms with van der Waals surface area (Å²) in [5, 5.41) is 17.6. The molecule has 8 nitrogen and oxygen atoms in total. The molecule has 0 saturated heterocycles. The fourth-order valence-electron chi connectivity index (χ4n) is 5.50. The lowest BCUT2D eigenvalue weighted by Crippen LogP contribution is -2.42. The lowest BCUT2D eigenvalue weighted by atomic mass is 9.93. The van der Waals surface area contributed by atoms with Gasteiger partial charge in [0.15, 0.2) is 0 Å². The maximum absolute atomic E-state index is 13.5. The molecule has 2 aliphatic heterocycles. The van der Waals surface area contributed by atoms with Crippen LogP contribution in [0.5, 0.6) is 5.75 Å². The maximum atomic E-state index is 13.5. The Morgan fingerprint density at radius 1 is 1.12 bits per heavy atom. The van der Waals surface area contributed by atoms with Gasteiger partial charge < -0.3 is 20.1 Å². The van der Waals surface area contributed by atoms with E-state index in [1.165, 1.54) is 11.1 Å². The van der Waals surface area contributed by atoms with Gasteiger partial charge in [-0.2, -0.15) is 5.10 Å². The van der Waals surface area contributed by atoms with Crippen LogP contribution in [0.15, 0.2) is 53.5 Å². The molecule has 0 aliphatic carbocycles. The number of ether oxygens (including phenoxy) is 1. The molecule has 3 aromatic rings. The molecule has 40 heavy (non-hydrogen) atoms. The second kappa shape index (κ2) is 12.6. The van der Waals surface area contributed by atoms with Gasteiger partial charge in [-0.15, -0.1) is 0 Å². The molecule has 0 saturated carbocycles. The first-order valence-electron chi connectivity index (χ1n) is 14.2. The number of allylic oxidation sites excluding steroid dienone is 1. The number of amides is 1. The summed E-state index contributed by atoms with van der Waals surface area (Å²) in [5.74, 6) is 1.15. The van der Waals surface area contributed by atoms with Crippen molar-refractivity contribution in [3.05, 3.63) is 76.6 Å². The minimum absolute atomic E-state index is 0.0626. The number of hydrogen-bond donors (Lipinski definition) is 2. The van der Waals surface area contributed by atoms with Crippen LogP contribution in [0.25, 0.3) is 16.7 Å². The predicted octanol–water partition coefficient (Wildman–Crippen LogP) is 4.32. The highest BCUT2D eigenvalue weighted by Gasteiger charge is 2.32. The number of aliphatic hydroxyl groups excluding tert-OH is 1. The van der Waals surface area contributed by atoms with Gasteiger partial charge in [-0.25, -0.2) is 0 Å². The van der Waals surface area contributed by atoms with Crippen LogP contribution >= 0.6 is 0 Å². The number of nitrogens with zero attached hydrogens (tertiary/aromatic N) is 4. The Morgan fingerprint density at radius 3 is 2.65 bits per heavy atom. The first-order chi connectivity index (χ1) is 19.5. The van der Waals surface area contributed by atoms with E-state index >= 15 is 0 Å². The number of aromatic nitrogens is 2. The number of carbonyl (C=O) groups excluding carboxylic acids is 1. The van der Waals surface area contributed by atoms with E-state index in [2.05, 4.69) is 42.4 Å². The van der Waals surface area contributed by atoms with Gasteiger partial charge in [-0.3, -0.25) is 14.5 Å². The normalized spacial score (nSPS) is 15.0. The Kier molecular flexibility index (Phi) is 8.77. The molecule has 210 valence electrons. The summed E-state index contributed by atoms with van der Waals surface area (Å²) in [6.45, 7) is 7.99. The molecule has 2 aliphatic rings. The Bertz CT molecular complexity index is 1400. The second-order valence-electron chi connectivity index (χ2n) is 10.7. The van der Waals surface area contributed by atoms with Gasteiger partial charge in [0, 0.05) is 31.4 Å². The summed E-state index contributed by atoms with van der Waals surface area (Å²) in [6, 6.07) is 14.6. The number of likely N-dealkylation sites (N-methyl/N-ethyl adjacent to an activating group) is 1. The number of aliphatic hydroxyl groups is 1. The molecular weight excluding hydrogens is 502 g/mol. The zero-order chi connectivity index (χ0) is 28.1. The molecule has 0 unspecified atom stereocenters. The highest BCUT2D eigenvalue weighted by Crippen LogP contribution is 2.36. The van der Waals surface area contributed by atoms with Gasteiger partial charge in [0.05, 0.1) is 18.8 Å². The van der Waals surface area contributed by atoms with Gasteiger partial charge in [-0.05, 0) is 78.4 Å². The molecule has 0 bridgehead atoms. The van der Waals surface area contributed by atoms with Crippen LogP contribution < -0.4 is 10.1 Å². The van der Waals surface area contributed by atoms with Crippen molar-refractivity contribution in [2.24, 2.45) is 4.99 Å². The second-order valence-corrected chi connectivity index (χ2v) is 10.7. The molecule has 5 rings (SSSR count). The van der Waals surface area contributed by atoms with Crippen LogP contribution in [0.4, 0.5) is 0 Å². The molecule has 1 amide bonds. The monoisotopic (exact) mass is 541 g/mol. The molecule has 3 heterocycles. The number of rotatable bonds is 11. The van der Waals surface area contributed by atoms with E-state index < -0.39 is 0 Å². The summed E-state index contributed by atoms with van der Waals surface area (Å²) >= 11 is 0. The summed E-state index contributed by atoms with van der Waals surface area (Å²) in [6.07, 6.45) is 5.57. The number of dihydropyridines is 1. The number of aliphatic imine (C=N–C) groups is 1. The largest absolute Gasteiger partial charge is 0.489 e. The Morgan fingerprint density at radius 2 is 1.95 bits per heavy atom. The average Bonchev–Trinajstić information content (AvgIpc) is 3.37. The van der Waals surface area contributed by atoms with Crippen molar-refractivity contribution in [2.75, 3.05) is 39.8 Å². The number of nitrogens with one attached hydrogen (secondary N) is 1. The van der Waals surface area contributed by atoms with Gasteiger partial charge in [0.1, 0.15) is 18.1 Å². The van der Waals surface area contributed by atoms with Crippen molar-refractivity contribution < 1.29 is 14.6 Å². The van der Waals surface area contributed by atoms with Gasteiger partial charge in [0.25, 0.3) is 5.91 Å². The van der Waals surface area contributed by atoms with Gasteiger partial charge >= 0.3 is 0 Å². The molecule has 2 N–H and O–H groups in total. The molecule has 8 heteroatoms. The molecule has 0 atom stereocenters. The van der Waals surface area contributed by atoms with E-state index in [0.29, 0.717) is 44.4 Å². The minimum Gasteiger partial charge on any atom is -0.489 e. The number of carbonyl (C=O) groups is 1. The predicted molar refractivity (Wildman–Crippen MR) is 159 cm³/mol. The van der Waals surface area contributed by atoms with E-state index in [1.807, 2.05) is 48.3 Å². The standard InChI is InChI=1S/C32H39N5O3/c1-22(2)28-9-4-23(20-26(28)10-13-33-3)21-40-27-7-5-24(6-8-27)29-30(25-11-14-34-15-12-25)35-37-17-16-36(18-19-38)32(39)31(29)37/h4-9,11,14,20,22,33,38H,10,12-13,15-19,21H2,1-3H3. The lowest BCUT2D eigenvalue weighted by Gasteiger charge is -2.27.